The summed E-state index contributed by atoms with van der Waals surface area (Å²) in [4.78, 5) is 25.1. The van der Waals surface area contributed by atoms with Crippen LogP contribution < -0.4 is 10.6 Å². The predicted molar refractivity (Wildman–Crippen MR) is 119 cm³/mol. The van der Waals surface area contributed by atoms with Crippen LogP contribution >= 0.6 is 11.6 Å². The van der Waals surface area contributed by atoms with E-state index in [1.807, 2.05) is 0 Å². The highest BCUT2D eigenvalue weighted by Gasteiger charge is 2.31. The van der Waals surface area contributed by atoms with Gasteiger partial charge in [0, 0.05) is 36.3 Å². The van der Waals surface area contributed by atoms with E-state index < -0.39 is 11.7 Å². The normalized spacial score (nSPS) is 17.7. The van der Waals surface area contributed by atoms with E-state index >= 15 is 0 Å². The lowest BCUT2D eigenvalue weighted by Gasteiger charge is -2.25. The molecule has 164 valence electrons. The van der Waals surface area contributed by atoms with Gasteiger partial charge in [-0.3, -0.25) is 9.59 Å². The molecule has 2 N–H and O–H groups in total. The Hall–Kier alpha value is -3.26. The minimum absolute atomic E-state index is 0.0113. The number of amides is 2. The minimum Gasteiger partial charge on any atom is -0.326 e. The third-order valence-electron chi connectivity index (χ3n) is 5.96. The van der Waals surface area contributed by atoms with Crippen molar-refractivity contribution in [3.63, 3.8) is 0 Å². The molecule has 1 unspecified atom stereocenters. The summed E-state index contributed by atoms with van der Waals surface area (Å²) in [5.74, 6) is -0.240. The molecule has 0 radical (unpaired) electrons. The van der Waals surface area contributed by atoms with E-state index in [9.17, 15) is 14.0 Å². The maximum absolute atomic E-state index is 13.6. The highest BCUT2D eigenvalue weighted by Crippen LogP contribution is 2.35. The highest BCUT2D eigenvalue weighted by molar-refractivity contribution is 6.33. The second kappa shape index (κ2) is 8.35. The number of hydrogen-bond acceptors (Lipinski definition) is 4. The van der Waals surface area contributed by atoms with Crippen molar-refractivity contribution in [2.75, 3.05) is 10.6 Å². The number of rotatable bonds is 3. The molecule has 0 aliphatic carbocycles. The summed E-state index contributed by atoms with van der Waals surface area (Å²) in [5, 5.41) is 14.7. The summed E-state index contributed by atoms with van der Waals surface area (Å²) in [6.07, 6.45) is 4.15. The Morgan fingerprint density at radius 1 is 1.16 bits per heavy atom. The summed E-state index contributed by atoms with van der Waals surface area (Å²) in [6, 6.07) is 9.24. The lowest BCUT2D eigenvalue weighted by Crippen LogP contribution is -2.30. The van der Waals surface area contributed by atoms with Crippen LogP contribution in [0.4, 0.5) is 15.8 Å². The van der Waals surface area contributed by atoms with Gasteiger partial charge in [-0.25, -0.2) is 4.39 Å². The molecule has 0 fully saturated rings. The van der Waals surface area contributed by atoms with E-state index in [-0.39, 0.29) is 18.2 Å². The number of benzene rings is 2. The zero-order valence-electron chi connectivity index (χ0n) is 17.2. The number of halogens is 2. The average Bonchev–Trinajstić information content (AvgIpc) is 3.01. The lowest BCUT2D eigenvalue weighted by molar-refractivity contribution is -0.123. The van der Waals surface area contributed by atoms with E-state index in [4.69, 9.17) is 11.6 Å². The molecule has 0 spiro atoms. The van der Waals surface area contributed by atoms with Crippen molar-refractivity contribution < 1.29 is 14.0 Å². The molecule has 3 heterocycles. The van der Waals surface area contributed by atoms with Crippen LogP contribution in [0.3, 0.4) is 0 Å². The number of carbonyl (C=O) groups is 2. The van der Waals surface area contributed by atoms with Crippen molar-refractivity contribution >= 4 is 34.8 Å². The molecule has 2 aliphatic rings. The van der Waals surface area contributed by atoms with Crippen molar-refractivity contribution in [3.05, 3.63) is 58.6 Å². The van der Waals surface area contributed by atoms with Crippen LogP contribution in [0.2, 0.25) is 5.02 Å². The molecule has 32 heavy (non-hydrogen) atoms. The number of carbonyl (C=O) groups excluding carboxylic acids is 2. The zero-order chi connectivity index (χ0) is 22.2. The van der Waals surface area contributed by atoms with Crippen molar-refractivity contribution in [1.82, 2.24) is 14.8 Å². The van der Waals surface area contributed by atoms with E-state index in [1.165, 1.54) is 18.2 Å². The van der Waals surface area contributed by atoms with E-state index in [1.54, 1.807) is 18.2 Å². The smallest absolute Gasteiger partial charge is 0.232 e. The molecule has 9 heteroatoms. The van der Waals surface area contributed by atoms with Crippen LogP contribution in [0.1, 0.15) is 43.0 Å². The number of aromatic nitrogens is 3. The second-order valence-electron chi connectivity index (χ2n) is 8.12. The molecule has 1 aromatic heterocycles. The Morgan fingerprint density at radius 3 is 2.91 bits per heavy atom. The first-order valence-electron chi connectivity index (χ1n) is 10.6. The number of hydrogen-bond donors (Lipinski definition) is 2. The molecular weight excluding hydrogens is 433 g/mol. The molecule has 0 saturated carbocycles. The van der Waals surface area contributed by atoms with Gasteiger partial charge in [-0.05, 0) is 48.7 Å². The monoisotopic (exact) mass is 453 g/mol. The maximum Gasteiger partial charge on any atom is 0.232 e. The minimum atomic E-state index is -0.720. The van der Waals surface area contributed by atoms with Crippen LogP contribution in [-0.2, 0) is 22.6 Å². The average molecular weight is 454 g/mol. The summed E-state index contributed by atoms with van der Waals surface area (Å²) in [6.45, 7) is 0.828. The fourth-order valence-corrected chi connectivity index (χ4v) is 4.56. The summed E-state index contributed by atoms with van der Waals surface area (Å²) in [7, 11) is 0. The van der Waals surface area contributed by atoms with E-state index in [0.29, 0.717) is 33.3 Å². The maximum atomic E-state index is 13.6. The summed E-state index contributed by atoms with van der Waals surface area (Å²) in [5.41, 5.74) is 2.13. The molecule has 1 atom stereocenters. The van der Waals surface area contributed by atoms with Crippen LogP contribution in [0.15, 0.2) is 36.4 Å². The van der Waals surface area contributed by atoms with Crippen LogP contribution in [-0.4, -0.2) is 26.6 Å². The number of anilines is 2. The molecule has 2 amide bonds. The van der Waals surface area contributed by atoms with Gasteiger partial charge in [0.25, 0.3) is 0 Å². The Labute approximate surface area is 189 Å². The Balaban J connectivity index is 1.44. The number of nitrogens with one attached hydrogen (secondary N) is 2. The number of nitrogens with zero attached hydrogens (tertiary/aromatic N) is 3. The third-order valence-corrected chi connectivity index (χ3v) is 6.28. The third kappa shape index (κ3) is 3.86. The van der Waals surface area contributed by atoms with Gasteiger partial charge >= 0.3 is 0 Å². The standard InChI is InChI=1S/C23H21ClFN5O2/c24-18-8-6-14(11-17(18)22-29-28-20-4-2-1-3-9-30(20)22)26-23(32)16-12-21(31)27-19-10-13(25)5-7-15(16)19/h5-8,10-11,16H,1-4,9,12H2,(H,26,32)(H,27,31). The summed E-state index contributed by atoms with van der Waals surface area (Å²) < 4.78 is 15.7. The first kappa shape index (κ1) is 20.6. The van der Waals surface area contributed by atoms with Gasteiger partial charge in [0.2, 0.25) is 11.8 Å². The first-order chi connectivity index (χ1) is 15.5. The van der Waals surface area contributed by atoms with Crippen LogP contribution in [0, 0.1) is 5.82 Å². The largest absolute Gasteiger partial charge is 0.326 e. The van der Waals surface area contributed by atoms with E-state index in [2.05, 4.69) is 25.4 Å². The van der Waals surface area contributed by atoms with Gasteiger partial charge in [0.1, 0.15) is 11.6 Å². The highest BCUT2D eigenvalue weighted by atomic mass is 35.5. The van der Waals surface area contributed by atoms with Gasteiger partial charge in [0.05, 0.1) is 10.9 Å². The molecule has 0 saturated heterocycles. The van der Waals surface area contributed by atoms with Gasteiger partial charge in [-0.1, -0.05) is 24.1 Å². The topological polar surface area (TPSA) is 88.9 Å². The Bertz CT molecular complexity index is 1230. The van der Waals surface area contributed by atoms with Crippen molar-refractivity contribution in [1.29, 1.82) is 0 Å². The molecule has 7 nitrogen and oxygen atoms in total. The van der Waals surface area contributed by atoms with Crippen molar-refractivity contribution in [2.24, 2.45) is 0 Å². The fourth-order valence-electron chi connectivity index (χ4n) is 4.36. The summed E-state index contributed by atoms with van der Waals surface area (Å²) >= 11 is 6.47. The van der Waals surface area contributed by atoms with Crippen LogP contribution in [0.25, 0.3) is 11.4 Å². The molecular formula is C23H21ClFN5O2. The predicted octanol–water partition coefficient (Wildman–Crippen LogP) is 4.53. The molecule has 3 aromatic rings. The fraction of sp³-hybridized carbons (Fsp3) is 0.304. The quantitative estimate of drug-likeness (QED) is 0.609. The molecule has 2 aliphatic heterocycles. The number of aryl methyl sites for hydroxylation is 1. The van der Waals surface area contributed by atoms with Crippen molar-refractivity contribution in [3.8, 4) is 11.4 Å². The van der Waals surface area contributed by atoms with Gasteiger partial charge in [-0.2, -0.15) is 0 Å². The van der Waals surface area contributed by atoms with Crippen molar-refractivity contribution in [2.45, 2.75) is 44.6 Å². The lowest BCUT2D eigenvalue weighted by atomic mass is 9.89. The Kier molecular flexibility index (Phi) is 5.38. The molecule has 0 bridgehead atoms. The van der Waals surface area contributed by atoms with Gasteiger partial charge in [0.15, 0.2) is 5.82 Å². The Morgan fingerprint density at radius 2 is 2.03 bits per heavy atom. The van der Waals surface area contributed by atoms with Crippen LogP contribution in [0.5, 0.6) is 0 Å². The molecule has 2 aromatic carbocycles. The second-order valence-corrected chi connectivity index (χ2v) is 8.53. The van der Waals surface area contributed by atoms with Gasteiger partial charge in [-0.15, -0.1) is 10.2 Å². The zero-order valence-corrected chi connectivity index (χ0v) is 18.0. The SMILES string of the molecule is O=C1CC(C(=O)Nc2ccc(Cl)c(-c3nnc4n3CCCCC4)c2)c2ccc(F)cc2N1. The molecule has 5 rings (SSSR count). The van der Waals surface area contributed by atoms with E-state index in [0.717, 1.165) is 38.1 Å². The van der Waals surface area contributed by atoms with Gasteiger partial charge < -0.3 is 15.2 Å². The first-order valence-corrected chi connectivity index (χ1v) is 11.0. The number of fused-ring (bicyclic) bond motifs is 2.